The number of urea groups is 1. The van der Waals surface area contributed by atoms with Gasteiger partial charge in [0.25, 0.3) is 0 Å². The number of hydrogen-bond acceptors (Lipinski definition) is 10. The van der Waals surface area contributed by atoms with E-state index in [1.807, 2.05) is 23.0 Å². The first-order valence-corrected chi connectivity index (χ1v) is 12.6. The summed E-state index contributed by atoms with van der Waals surface area (Å²) in [4.78, 5) is 48.8. The summed E-state index contributed by atoms with van der Waals surface area (Å²) in [5.41, 5.74) is 2.32. The lowest BCUT2D eigenvalue weighted by Gasteiger charge is -2.29. The van der Waals surface area contributed by atoms with Gasteiger partial charge in [-0.2, -0.15) is 5.26 Å². The predicted octanol–water partition coefficient (Wildman–Crippen LogP) is 2.50. The molecule has 12 heteroatoms. The molecule has 2 atom stereocenters. The van der Waals surface area contributed by atoms with E-state index in [0.29, 0.717) is 68.9 Å². The van der Waals surface area contributed by atoms with Gasteiger partial charge >= 0.3 is 6.03 Å². The van der Waals surface area contributed by atoms with Crippen molar-refractivity contribution in [3.05, 3.63) is 46.4 Å². The van der Waals surface area contributed by atoms with Gasteiger partial charge in [0.15, 0.2) is 6.29 Å². The van der Waals surface area contributed by atoms with Crippen LogP contribution < -0.4 is 15.0 Å². The highest BCUT2D eigenvalue weighted by atomic mass is 16.5. The summed E-state index contributed by atoms with van der Waals surface area (Å²) in [6.07, 6.45) is 3.38. The minimum absolute atomic E-state index is 0.193. The van der Waals surface area contributed by atoms with Crippen LogP contribution in [0.1, 0.15) is 46.9 Å². The first-order chi connectivity index (χ1) is 18.9. The molecule has 1 N–H and O–H groups in total. The first kappa shape index (κ1) is 27.7. The standard InChI is InChI=1S/C27H30N6O6/c1-17(16-37-2)39-24-10-25(29-12-20(24)11-28)31-27(36)33-7-4-5-18-9-19(21(14-34)30-26(18)33)13-32-8-6-23(38-3)22(32)15-35/h9-10,12,14,17,23H,4-8,13,16H2,1-3H3,(H,29,31,36)/t17?,23-/m0/s1. The number of pyridine rings is 2. The molecule has 1 fully saturated rings. The van der Waals surface area contributed by atoms with Crippen LogP contribution in [0.25, 0.3) is 0 Å². The second kappa shape index (κ2) is 12.5. The number of methoxy groups -OCH3 is 2. The highest BCUT2D eigenvalue weighted by Crippen LogP contribution is 2.31. The third-order valence-corrected chi connectivity index (χ3v) is 6.64. The van der Waals surface area contributed by atoms with E-state index < -0.39 is 6.03 Å². The topological polar surface area (TPSA) is 147 Å². The van der Waals surface area contributed by atoms with E-state index in [-0.39, 0.29) is 35.0 Å². The van der Waals surface area contributed by atoms with Crippen LogP contribution in [0, 0.1) is 11.3 Å². The number of nitrogens with one attached hydrogen (secondary N) is 1. The first-order valence-electron chi connectivity index (χ1n) is 12.6. The van der Waals surface area contributed by atoms with E-state index in [1.165, 1.54) is 17.2 Å². The largest absolute Gasteiger partial charge is 0.487 e. The van der Waals surface area contributed by atoms with E-state index in [4.69, 9.17) is 14.2 Å². The fourth-order valence-electron chi connectivity index (χ4n) is 4.80. The maximum Gasteiger partial charge on any atom is 0.328 e. The Labute approximate surface area is 226 Å². The maximum atomic E-state index is 13.3. The summed E-state index contributed by atoms with van der Waals surface area (Å²) < 4.78 is 16.2. The molecule has 0 saturated carbocycles. The van der Waals surface area contributed by atoms with Crippen molar-refractivity contribution in [3.63, 3.8) is 0 Å². The van der Waals surface area contributed by atoms with Crippen molar-refractivity contribution in [2.45, 2.75) is 44.9 Å². The molecule has 2 amide bonds. The summed E-state index contributed by atoms with van der Waals surface area (Å²) in [7, 11) is 3.10. The lowest BCUT2D eigenvalue weighted by molar-refractivity contribution is 0.0919. The van der Waals surface area contributed by atoms with Gasteiger partial charge in [-0.3, -0.25) is 15.0 Å². The zero-order chi connectivity index (χ0) is 27.9. The molecule has 1 unspecified atom stereocenters. The number of rotatable bonds is 9. The minimum Gasteiger partial charge on any atom is -0.487 e. The van der Waals surface area contributed by atoms with Gasteiger partial charge in [-0.15, -0.1) is 0 Å². The smallest absolute Gasteiger partial charge is 0.328 e. The number of ether oxygens (including phenoxy) is 3. The van der Waals surface area contributed by atoms with E-state index in [0.717, 1.165) is 5.56 Å². The van der Waals surface area contributed by atoms with Crippen LogP contribution in [0.2, 0.25) is 0 Å². The molecule has 4 rings (SSSR count). The Hall–Kier alpha value is -4.30. The van der Waals surface area contributed by atoms with Crippen molar-refractivity contribution in [3.8, 4) is 11.8 Å². The van der Waals surface area contributed by atoms with Gasteiger partial charge in [0.2, 0.25) is 0 Å². The number of likely N-dealkylation sites (tertiary alicyclic amines) is 1. The fraction of sp³-hybridized carbons (Fsp3) is 0.444. The van der Waals surface area contributed by atoms with Crippen LogP contribution in [-0.2, 0) is 27.2 Å². The number of nitriles is 1. The van der Waals surface area contributed by atoms with Crippen molar-refractivity contribution < 1.29 is 28.6 Å². The van der Waals surface area contributed by atoms with Crippen molar-refractivity contribution in [2.75, 3.05) is 44.1 Å². The molecule has 2 aromatic rings. The highest BCUT2D eigenvalue weighted by Gasteiger charge is 2.31. The molecule has 0 aliphatic carbocycles. The molecule has 0 bridgehead atoms. The van der Waals surface area contributed by atoms with Gasteiger partial charge in [0, 0.05) is 45.5 Å². The monoisotopic (exact) mass is 534 g/mol. The number of amides is 2. The normalized spacial score (nSPS) is 17.2. The number of fused-ring (bicyclic) bond motifs is 1. The third-order valence-electron chi connectivity index (χ3n) is 6.64. The summed E-state index contributed by atoms with van der Waals surface area (Å²) in [6.45, 7) is 3.43. The summed E-state index contributed by atoms with van der Waals surface area (Å²) >= 11 is 0. The van der Waals surface area contributed by atoms with Gasteiger partial charge in [-0.25, -0.2) is 19.6 Å². The van der Waals surface area contributed by atoms with Crippen molar-refractivity contribution in [1.29, 1.82) is 5.26 Å². The van der Waals surface area contributed by atoms with Crippen LogP contribution in [0.5, 0.6) is 5.75 Å². The number of aldehydes is 1. The molecule has 0 aromatic carbocycles. The zero-order valence-corrected chi connectivity index (χ0v) is 22.1. The lowest BCUT2D eigenvalue weighted by Crippen LogP contribution is -2.40. The maximum absolute atomic E-state index is 13.3. The Morgan fingerprint density at radius 1 is 1.33 bits per heavy atom. The van der Waals surface area contributed by atoms with Gasteiger partial charge in [0.05, 0.1) is 12.8 Å². The summed E-state index contributed by atoms with van der Waals surface area (Å²) in [5, 5.41) is 12.1. The Morgan fingerprint density at radius 3 is 2.85 bits per heavy atom. The van der Waals surface area contributed by atoms with Gasteiger partial charge in [-0.05, 0) is 37.8 Å². The number of carbonyl (C=O) groups is 2. The van der Waals surface area contributed by atoms with Crippen LogP contribution in [0.3, 0.4) is 0 Å². The number of aromatic nitrogens is 2. The van der Waals surface area contributed by atoms with E-state index in [9.17, 15) is 19.6 Å². The molecule has 4 heterocycles. The summed E-state index contributed by atoms with van der Waals surface area (Å²) in [6, 6.07) is 4.91. The zero-order valence-electron chi connectivity index (χ0n) is 22.1. The second-order valence-corrected chi connectivity index (χ2v) is 9.30. The van der Waals surface area contributed by atoms with Crippen LogP contribution >= 0.6 is 0 Å². The number of carbonyl (C=O) groups excluding carboxylic acids is 3. The predicted molar refractivity (Wildman–Crippen MR) is 140 cm³/mol. The second-order valence-electron chi connectivity index (χ2n) is 9.30. The van der Waals surface area contributed by atoms with Gasteiger partial charge in [0.1, 0.15) is 58.6 Å². The van der Waals surface area contributed by atoms with Gasteiger partial charge in [-0.1, -0.05) is 0 Å². The molecule has 1 saturated heterocycles. The average molecular weight is 535 g/mol. The van der Waals surface area contributed by atoms with Crippen molar-refractivity contribution >= 4 is 29.9 Å². The Kier molecular flexibility index (Phi) is 8.88. The Balaban J connectivity index is 1.55. The molecular weight excluding hydrogens is 504 g/mol. The molecule has 12 nitrogen and oxygen atoms in total. The number of anilines is 2. The number of hydrogen-bond donors (Lipinski definition) is 1. The third kappa shape index (κ3) is 6.07. The average Bonchev–Trinajstić information content (AvgIpc) is 3.34. The fourth-order valence-corrected chi connectivity index (χ4v) is 4.80. The molecular formula is C27H30N6O6. The minimum atomic E-state index is -0.477. The molecule has 0 spiro atoms. The van der Waals surface area contributed by atoms with Gasteiger partial charge < -0.3 is 19.1 Å². The molecule has 0 radical (unpaired) electrons. The van der Waals surface area contributed by atoms with Crippen LogP contribution in [-0.4, -0.2) is 79.3 Å². The summed E-state index contributed by atoms with van der Waals surface area (Å²) in [5.74, 6) is 2.84. The SMILES string of the molecule is COCC(C)Oc1cc(NC(=O)N2CCCc3cc(CN4CC[C@H](OC)C4=C=O)c(C=O)nc32)ncc1C#N. The quantitative estimate of drug-likeness (QED) is 0.376. The Bertz CT molecular complexity index is 1330. The van der Waals surface area contributed by atoms with E-state index in [1.54, 1.807) is 21.1 Å². The number of aryl methyl sites for hydroxylation is 1. The highest BCUT2D eigenvalue weighted by molar-refractivity contribution is 6.01. The van der Waals surface area contributed by atoms with Crippen LogP contribution in [0.15, 0.2) is 24.0 Å². The molecule has 2 aliphatic heterocycles. The number of nitrogens with zero attached hydrogens (tertiary/aromatic N) is 5. The lowest BCUT2D eigenvalue weighted by atomic mass is 10.0. The Morgan fingerprint density at radius 2 is 2.15 bits per heavy atom. The van der Waals surface area contributed by atoms with E-state index in [2.05, 4.69) is 15.3 Å². The van der Waals surface area contributed by atoms with Crippen molar-refractivity contribution in [2.24, 2.45) is 0 Å². The molecule has 39 heavy (non-hydrogen) atoms. The molecule has 2 aliphatic rings. The van der Waals surface area contributed by atoms with E-state index >= 15 is 0 Å². The molecule has 2 aromatic heterocycles. The van der Waals surface area contributed by atoms with Crippen molar-refractivity contribution in [1.82, 2.24) is 14.9 Å². The van der Waals surface area contributed by atoms with Crippen LogP contribution in [0.4, 0.5) is 16.4 Å². The molecule has 204 valence electrons.